The molecule has 7 rings (SSSR count). The number of pyridine rings is 1. The van der Waals surface area contributed by atoms with Crippen LogP contribution < -0.4 is 0 Å². The summed E-state index contributed by atoms with van der Waals surface area (Å²) in [6, 6.07) is 45.6. The molecule has 37 heavy (non-hydrogen) atoms. The highest BCUT2D eigenvalue weighted by atomic mass is 32.1. The number of nitrogens with zero attached hydrogens (tertiary/aromatic N) is 1. The van der Waals surface area contributed by atoms with E-state index in [4.69, 9.17) is 4.98 Å². The van der Waals surface area contributed by atoms with Crippen LogP contribution in [0.25, 0.3) is 65.5 Å². The Morgan fingerprint density at radius 1 is 0.405 bits per heavy atom. The van der Waals surface area contributed by atoms with Gasteiger partial charge in [-0.1, -0.05) is 109 Å². The molecule has 0 atom stereocenters. The molecule has 2 aromatic heterocycles. The molecule has 2 heteroatoms. The average Bonchev–Trinajstić information content (AvgIpc) is 3.52. The second-order valence-corrected chi connectivity index (χ2v) is 10.1. The second-order valence-electron chi connectivity index (χ2n) is 9.19. The summed E-state index contributed by atoms with van der Waals surface area (Å²) in [6.45, 7) is 0. The summed E-state index contributed by atoms with van der Waals surface area (Å²) in [4.78, 5) is 6.20. The molecule has 5 aromatic carbocycles. The molecular formula is C35H23NS. The fourth-order valence-corrected chi connectivity index (χ4v) is 6.02. The average molecular weight is 490 g/mol. The van der Waals surface area contributed by atoms with Gasteiger partial charge in [0.15, 0.2) is 0 Å². The van der Waals surface area contributed by atoms with E-state index < -0.39 is 0 Å². The Morgan fingerprint density at radius 3 is 1.51 bits per heavy atom. The Bertz CT molecular complexity index is 1780. The summed E-state index contributed by atoms with van der Waals surface area (Å²) >= 11 is 1.74. The lowest BCUT2D eigenvalue weighted by Gasteiger charge is -2.17. The van der Waals surface area contributed by atoms with Crippen LogP contribution in [0.15, 0.2) is 139 Å². The minimum atomic E-state index is 0.999. The number of hydrogen-bond acceptors (Lipinski definition) is 2. The van der Waals surface area contributed by atoms with Gasteiger partial charge in [-0.25, -0.2) is 0 Å². The molecule has 0 unspecified atom stereocenters. The molecule has 0 fully saturated rings. The van der Waals surface area contributed by atoms with E-state index in [1.165, 1.54) is 54.2 Å². The molecule has 0 amide bonds. The summed E-state index contributed by atoms with van der Waals surface area (Å²) in [6.07, 6.45) is 2.00. The van der Waals surface area contributed by atoms with Crippen LogP contribution in [0.5, 0.6) is 0 Å². The normalized spacial score (nSPS) is 11.2. The highest BCUT2D eigenvalue weighted by Gasteiger charge is 2.17. The van der Waals surface area contributed by atoms with E-state index in [2.05, 4.69) is 133 Å². The van der Waals surface area contributed by atoms with Gasteiger partial charge in [-0.3, -0.25) is 4.98 Å². The molecular weight excluding hydrogens is 466 g/mol. The maximum atomic E-state index is 4.96. The largest absolute Gasteiger partial charge is 0.256 e. The number of fused-ring (bicyclic) bond motifs is 2. The zero-order valence-electron chi connectivity index (χ0n) is 20.1. The van der Waals surface area contributed by atoms with Gasteiger partial charge in [-0.15, -0.1) is 11.3 Å². The topological polar surface area (TPSA) is 12.9 Å². The first kappa shape index (κ1) is 21.7. The van der Waals surface area contributed by atoms with Gasteiger partial charge in [0.2, 0.25) is 0 Å². The summed E-state index contributed by atoms with van der Waals surface area (Å²) in [7, 11) is 0. The van der Waals surface area contributed by atoms with Gasteiger partial charge in [0, 0.05) is 22.2 Å². The Labute approximate surface area is 220 Å². The lowest BCUT2D eigenvalue weighted by molar-refractivity contribution is 1.34. The third-order valence-corrected chi connectivity index (χ3v) is 7.96. The zero-order valence-corrected chi connectivity index (χ0v) is 21.0. The van der Waals surface area contributed by atoms with Crippen LogP contribution in [0.1, 0.15) is 0 Å². The highest BCUT2D eigenvalue weighted by molar-refractivity contribution is 7.13. The van der Waals surface area contributed by atoms with Crippen molar-refractivity contribution in [2.24, 2.45) is 0 Å². The van der Waals surface area contributed by atoms with E-state index in [0.29, 0.717) is 0 Å². The summed E-state index contributed by atoms with van der Waals surface area (Å²) in [5.74, 6) is 0. The molecule has 0 N–H and O–H groups in total. The van der Waals surface area contributed by atoms with Crippen molar-refractivity contribution >= 4 is 32.9 Å². The van der Waals surface area contributed by atoms with Gasteiger partial charge in [-0.2, -0.15) is 0 Å². The van der Waals surface area contributed by atoms with Crippen molar-refractivity contribution in [3.8, 4) is 44.0 Å². The lowest BCUT2D eigenvalue weighted by atomic mass is 9.87. The number of hydrogen-bond donors (Lipinski definition) is 0. The lowest BCUT2D eigenvalue weighted by Crippen LogP contribution is -1.92. The van der Waals surface area contributed by atoms with Crippen molar-refractivity contribution in [1.29, 1.82) is 0 Å². The van der Waals surface area contributed by atoms with Crippen LogP contribution in [-0.2, 0) is 0 Å². The van der Waals surface area contributed by atoms with E-state index in [-0.39, 0.29) is 0 Å². The predicted octanol–water partition coefficient (Wildman–Crippen LogP) is 10.1. The quantitative estimate of drug-likeness (QED) is 0.224. The maximum Gasteiger partial charge on any atom is 0.0714 e. The third kappa shape index (κ3) is 3.83. The van der Waals surface area contributed by atoms with E-state index in [1.54, 1.807) is 11.3 Å². The first-order valence-electron chi connectivity index (χ1n) is 12.5. The predicted molar refractivity (Wildman–Crippen MR) is 159 cm³/mol. The maximum absolute atomic E-state index is 4.96. The van der Waals surface area contributed by atoms with Crippen molar-refractivity contribution in [1.82, 2.24) is 4.98 Å². The molecule has 0 spiro atoms. The fraction of sp³-hybridized carbons (Fsp3) is 0. The molecule has 0 radical (unpaired) electrons. The molecule has 0 bridgehead atoms. The summed E-state index contributed by atoms with van der Waals surface area (Å²) < 4.78 is 0. The Kier molecular flexibility index (Phi) is 5.38. The summed E-state index contributed by atoms with van der Waals surface area (Å²) in [5, 5.41) is 7.04. The standard InChI is InChI=1S/C35H23NS/c1-2-9-24(10-3-1)25-16-18-26(19-17-25)34-28-11-4-6-13-30(28)35(31-14-7-5-12-29(31)34)32-21-20-27(23-36-32)33-15-8-22-37-33/h1-23H. The second kappa shape index (κ2) is 9.16. The Hall–Kier alpha value is -4.53. The van der Waals surface area contributed by atoms with Crippen molar-refractivity contribution in [3.63, 3.8) is 0 Å². The van der Waals surface area contributed by atoms with Gasteiger partial charge >= 0.3 is 0 Å². The van der Waals surface area contributed by atoms with E-state index in [0.717, 1.165) is 11.3 Å². The van der Waals surface area contributed by atoms with Gasteiger partial charge in [-0.05, 0) is 67.4 Å². The van der Waals surface area contributed by atoms with Crippen LogP contribution in [0.4, 0.5) is 0 Å². The minimum absolute atomic E-state index is 0.999. The van der Waals surface area contributed by atoms with Crippen LogP contribution in [-0.4, -0.2) is 4.98 Å². The molecule has 0 aliphatic rings. The van der Waals surface area contributed by atoms with Gasteiger partial charge in [0.05, 0.1) is 5.69 Å². The molecule has 0 saturated carbocycles. The number of aromatic nitrogens is 1. The molecule has 2 heterocycles. The van der Waals surface area contributed by atoms with Crippen molar-refractivity contribution in [2.45, 2.75) is 0 Å². The van der Waals surface area contributed by atoms with Crippen molar-refractivity contribution in [2.75, 3.05) is 0 Å². The monoisotopic (exact) mass is 489 g/mol. The van der Waals surface area contributed by atoms with E-state index in [1.807, 2.05) is 6.20 Å². The first-order chi connectivity index (χ1) is 18.4. The SMILES string of the molecule is c1ccc(-c2ccc(-c3c4ccccc4c(-c4ccc(-c5cccs5)cn4)c4ccccc34)cc2)cc1. The fourth-order valence-electron chi connectivity index (χ4n) is 5.31. The van der Waals surface area contributed by atoms with Crippen LogP contribution in [0.2, 0.25) is 0 Å². The Morgan fingerprint density at radius 2 is 0.946 bits per heavy atom. The molecule has 174 valence electrons. The summed E-state index contributed by atoms with van der Waals surface area (Å²) in [5.41, 5.74) is 8.29. The van der Waals surface area contributed by atoms with Crippen LogP contribution in [0.3, 0.4) is 0 Å². The van der Waals surface area contributed by atoms with Crippen LogP contribution >= 0.6 is 11.3 Å². The first-order valence-corrected chi connectivity index (χ1v) is 13.3. The highest BCUT2D eigenvalue weighted by Crippen LogP contribution is 2.43. The smallest absolute Gasteiger partial charge is 0.0714 e. The van der Waals surface area contributed by atoms with Gasteiger partial charge in [0.1, 0.15) is 0 Å². The van der Waals surface area contributed by atoms with Crippen LogP contribution in [0, 0.1) is 0 Å². The van der Waals surface area contributed by atoms with E-state index >= 15 is 0 Å². The molecule has 0 aliphatic heterocycles. The zero-order chi connectivity index (χ0) is 24.6. The number of thiophene rings is 1. The Balaban J connectivity index is 1.44. The third-order valence-electron chi connectivity index (χ3n) is 7.04. The minimum Gasteiger partial charge on any atom is -0.256 e. The number of benzene rings is 5. The van der Waals surface area contributed by atoms with Gasteiger partial charge in [0.25, 0.3) is 0 Å². The number of rotatable bonds is 4. The van der Waals surface area contributed by atoms with Gasteiger partial charge < -0.3 is 0 Å². The molecule has 1 nitrogen and oxygen atoms in total. The van der Waals surface area contributed by atoms with Crippen molar-refractivity contribution in [3.05, 3.63) is 139 Å². The molecule has 0 aliphatic carbocycles. The molecule has 7 aromatic rings. The molecule has 0 saturated heterocycles. The van der Waals surface area contributed by atoms with Crippen molar-refractivity contribution < 1.29 is 0 Å². The van der Waals surface area contributed by atoms with E-state index in [9.17, 15) is 0 Å².